The Morgan fingerprint density at radius 3 is 2.33 bits per heavy atom. The number of likely N-dealkylation sites (tertiary alicyclic amines) is 1. The number of hydrogen-bond acceptors (Lipinski definition) is 7. The molecule has 12 nitrogen and oxygen atoms in total. The third kappa shape index (κ3) is 8.56. The normalized spacial score (nSPS) is 23.2. The van der Waals surface area contributed by atoms with Gasteiger partial charge in [0.05, 0.1) is 6.04 Å². The predicted octanol–water partition coefficient (Wildman–Crippen LogP) is 2.93. The first-order valence-electron chi connectivity index (χ1n) is 17.7. The van der Waals surface area contributed by atoms with Crippen LogP contribution in [-0.2, 0) is 24.0 Å². The zero-order valence-electron chi connectivity index (χ0n) is 29.8. The molecular weight excluding hydrogens is 624 g/mol. The summed E-state index contributed by atoms with van der Waals surface area (Å²) in [5.74, 6) is -3.54. The van der Waals surface area contributed by atoms with Crippen LogP contribution in [0.2, 0.25) is 0 Å². The summed E-state index contributed by atoms with van der Waals surface area (Å²) >= 11 is 0. The summed E-state index contributed by atoms with van der Waals surface area (Å²) in [4.78, 5) is 87.1. The monoisotopic (exact) mass is 678 g/mol. The van der Waals surface area contributed by atoms with Gasteiger partial charge in [-0.3, -0.25) is 33.8 Å². The maximum absolute atomic E-state index is 14.5. The van der Waals surface area contributed by atoms with E-state index in [2.05, 4.69) is 46.7 Å². The molecule has 1 aromatic heterocycles. The summed E-state index contributed by atoms with van der Waals surface area (Å²) in [7, 11) is 0. The molecule has 12 heteroatoms. The van der Waals surface area contributed by atoms with Crippen LogP contribution < -0.4 is 21.3 Å². The van der Waals surface area contributed by atoms with Gasteiger partial charge in [0.2, 0.25) is 23.5 Å². The molecular formula is C37H54N6O6. The molecule has 0 unspecified atom stereocenters. The highest BCUT2D eigenvalue weighted by atomic mass is 16.2. The van der Waals surface area contributed by atoms with Gasteiger partial charge in [-0.2, -0.15) is 0 Å². The lowest BCUT2D eigenvalue weighted by Gasteiger charge is -2.39. The number of carbonyl (C=O) groups excluding carboxylic acids is 6. The van der Waals surface area contributed by atoms with E-state index in [0.717, 1.165) is 32.1 Å². The molecule has 2 aliphatic carbocycles. The van der Waals surface area contributed by atoms with Crippen LogP contribution in [0.15, 0.2) is 37.1 Å². The maximum atomic E-state index is 14.5. The third-order valence-corrected chi connectivity index (χ3v) is 10.6. The van der Waals surface area contributed by atoms with E-state index in [4.69, 9.17) is 0 Å². The summed E-state index contributed by atoms with van der Waals surface area (Å²) in [5.41, 5.74) is -0.750. The van der Waals surface area contributed by atoms with Crippen molar-refractivity contribution in [2.24, 2.45) is 28.6 Å². The molecule has 1 saturated heterocycles. The van der Waals surface area contributed by atoms with E-state index in [1.54, 1.807) is 23.1 Å². The highest BCUT2D eigenvalue weighted by Gasteiger charge is 2.70. The maximum Gasteiger partial charge on any atom is 0.289 e. The molecule has 0 spiro atoms. The average molecular weight is 679 g/mol. The van der Waals surface area contributed by atoms with Crippen LogP contribution in [0.5, 0.6) is 0 Å². The van der Waals surface area contributed by atoms with Crippen molar-refractivity contribution in [2.45, 2.75) is 111 Å². The fourth-order valence-electron chi connectivity index (χ4n) is 7.66. The van der Waals surface area contributed by atoms with Crippen molar-refractivity contribution >= 4 is 35.3 Å². The Morgan fingerprint density at radius 1 is 1.04 bits per heavy atom. The molecule has 5 amide bonds. The molecule has 49 heavy (non-hydrogen) atoms. The first kappa shape index (κ1) is 37.7. The van der Waals surface area contributed by atoms with Gasteiger partial charge in [-0.25, -0.2) is 0 Å². The molecule has 2 heterocycles. The molecule has 3 fully saturated rings. The molecule has 0 aromatic carbocycles. The predicted molar refractivity (Wildman–Crippen MR) is 185 cm³/mol. The lowest BCUT2D eigenvalue weighted by molar-refractivity contribution is -0.147. The van der Waals surface area contributed by atoms with Gasteiger partial charge in [0.25, 0.3) is 11.8 Å². The number of carbonyl (C=O) groups is 6. The Hall–Kier alpha value is -4.09. The van der Waals surface area contributed by atoms with Crippen molar-refractivity contribution in [2.75, 3.05) is 13.1 Å². The molecule has 4 rings (SSSR count). The van der Waals surface area contributed by atoms with E-state index in [1.165, 1.54) is 12.3 Å². The van der Waals surface area contributed by atoms with Gasteiger partial charge in [0, 0.05) is 19.3 Å². The van der Waals surface area contributed by atoms with Crippen LogP contribution in [0.4, 0.5) is 0 Å². The second kappa shape index (κ2) is 15.6. The Balaban J connectivity index is 1.57. The number of Topliss-reactive ketones (excluding diaryl/α,β-unsaturated/α-hetero) is 1. The molecule has 1 aliphatic heterocycles. The zero-order chi connectivity index (χ0) is 36.1. The van der Waals surface area contributed by atoms with Crippen LogP contribution in [-0.4, -0.2) is 82.5 Å². The van der Waals surface area contributed by atoms with E-state index in [0.29, 0.717) is 13.0 Å². The lowest BCUT2D eigenvalue weighted by atomic mass is 9.82. The number of aromatic nitrogens is 1. The fraction of sp³-hybridized carbons (Fsp3) is 0.649. The quantitative estimate of drug-likeness (QED) is 0.173. The van der Waals surface area contributed by atoms with Gasteiger partial charge >= 0.3 is 0 Å². The number of rotatable bonds is 14. The number of piperidine rings is 1. The Kier molecular flexibility index (Phi) is 12.0. The molecule has 0 bridgehead atoms. The molecule has 3 aliphatic rings. The number of nitrogens with zero attached hydrogens (tertiary/aromatic N) is 2. The van der Waals surface area contributed by atoms with Crippen molar-refractivity contribution in [3.8, 4) is 0 Å². The van der Waals surface area contributed by atoms with Crippen LogP contribution in [0.25, 0.3) is 0 Å². The number of hydrogen-bond donors (Lipinski definition) is 4. The van der Waals surface area contributed by atoms with Gasteiger partial charge in [0.1, 0.15) is 23.8 Å². The van der Waals surface area contributed by atoms with Crippen LogP contribution in [0.1, 0.15) is 97.0 Å². The molecule has 1 aromatic rings. The highest BCUT2D eigenvalue weighted by Crippen LogP contribution is 2.65. The minimum Gasteiger partial charge on any atom is -0.346 e. The second-order valence-corrected chi connectivity index (χ2v) is 15.5. The van der Waals surface area contributed by atoms with Crippen LogP contribution in [0.3, 0.4) is 0 Å². The highest BCUT2D eigenvalue weighted by molar-refractivity contribution is 6.38. The Morgan fingerprint density at radius 2 is 1.73 bits per heavy atom. The fourth-order valence-corrected chi connectivity index (χ4v) is 7.66. The summed E-state index contributed by atoms with van der Waals surface area (Å²) in [6.07, 6.45) is 8.27. The minimum absolute atomic E-state index is 0.0624. The van der Waals surface area contributed by atoms with E-state index in [-0.39, 0.29) is 41.8 Å². The van der Waals surface area contributed by atoms with E-state index in [1.807, 2.05) is 27.7 Å². The Bertz CT molecular complexity index is 1420. The van der Waals surface area contributed by atoms with Crippen LogP contribution in [0, 0.1) is 28.6 Å². The summed E-state index contributed by atoms with van der Waals surface area (Å²) in [6, 6.07) is 1.20. The second-order valence-electron chi connectivity index (χ2n) is 15.5. The first-order valence-corrected chi connectivity index (χ1v) is 17.7. The third-order valence-electron chi connectivity index (χ3n) is 10.6. The number of ketones is 1. The van der Waals surface area contributed by atoms with E-state index >= 15 is 0 Å². The molecule has 268 valence electrons. The molecule has 0 radical (unpaired) electrons. The average Bonchev–Trinajstić information content (AvgIpc) is 3.38. The lowest BCUT2D eigenvalue weighted by Crippen LogP contribution is -2.62. The first-order chi connectivity index (χ1) is 23.1. The van der Waals surface area contributed by atoms with Gasteiger partial charge in [-0.1, -0.05) is 79.4 Å². The SMILES string of the molecule is C=CCNC(=O)C(=O)[C@H](CCC)NC(=O)[C@@H]1[C@@H]2[C@H](CN1C(=O)[C@@H](NC(=O)[C@@H](NC(=O)c1ccccn1)C1CCCCC1)C(C)(C)C)C2(C)C. The van der Waals surface area contributed by atoms with Crippen molar-refractivity contribution < 1.29 is 28.8 Å². The molecule has 6 atom stereocenters. The summed E-state index contributed by atoms with van der Waals surface area (Å²) in [6.45, 7) is 15.5. The van der Waals surface area contributed by atoms with E-state index < -0.39 is 64.9 Å². The molecule has 4 N–H and O–H groups in total. The van der Waals surface area contributed by atoms with Crippen molar-refractivity contribution in [3.63, 3.8) is 0 Å². The summed E-state index contributed by atoms with van der Waals surface area (Å²) in [5, 5.41) is 11.2. The minimum atomic E-state index is -1.04. The van der Waals surface area contributed by atoms with E-state index in [9.17, 15) is 28.8 Å². The zero-order valence-corrected chi connectivity index (χ0v) is 29.8. The van der Waals surface area contributed by atoms with Gasteiger partial charge in [-0.05, 0) is 60.0 Å². The van der Waals surface area contributed by atoms with Gasteiger partial charge in [0.15, 0.2) is 0 Å². The van der Waals surface area contributed by atoms with Crippen LogP contribution >= 0.6 is 0 Å². The summed E-state index contributed by atoms with van der Waals surface area (Å²) < 4.78 is 0. The number of pyridine rings is 1. The largest absolute Gasteiger partial charge is 0.346 e. The molecule has 2 saturated carbocycles. The van der Waals surface area contributed by atoms with Gasteiger partial charge < -0.3 is 26.2 Å². The van der Waals surface area contributed by atoms with Gasteiger partial charge in [-0.15, -0.1) is 6.58 Å². The van der Waals surface area contributed by atoms with Crippen molar-refractivity contribution in [3.05, 3.63) is 42.7 Å². The topological polar surface area (TPSA) is 167 Å². The number of nitrogens with one attached hydrogen (secondary N) is 4. The standard InChI is InChI=1S/C37H54N6O6/c1-8-15-24(29(44)34(48)39-19-9-2)40-33(47)28-26-23(37(26,6)7)21-43(28)35(49)30(36(3,4)5)42-32(46)27(22-16-11-10-12-17-22)41-31(45)25-18-13-14-20-38-25/h9,13-14,18,20,22-24,26-28,30H,2,8,10-12,15-17,19,21H2,1,3-7H3,(H,39,48)(H,40,47)(H,41,45)(H,42,46)/t23-,24-,26-,27-,28-,30+/m0/s1. The smallest absolute Gasteiger partial charge is 0.289 e. The van der Waals surface area contributed by atoms with Crippen molar-refractivity contribution in [1.82, 2.24) is 31.2 Å². The number of amides is 5. The van der Waals surface area contributed by atoms with Crippen molar-refractivity contribution in [1.29, 1.82) is 0 Å². The number of fused-ring (bicyclic) bond motifs is 1. The Labute approximate surface area is 290 Å².